The van der Waals surface area contributed by atoms with Crippen molar-refractivity contribution in [3.05, 3.63) is 0 Å². The van der Waals surface area contributed by atoms with Gasteiger partial charge in [-0.25, -0.2) is 0 Å². The standard InChI is InChI=1S/C6H14O2S.C2H4O2S2/c7-3-1-5-9-6-2-4-8;3-1(4)2(5)6/h7-8H,1-6H2;2,5-6H,(H,3,4). The third-order valence-electron chi connectivity index (χ3n) is 1.11. The van der Waals surface area contributed by atoms with Crippen molar-refractivity contribution in [3.63, 3.8) is 0 Å². The molecule has 0 heterocycles. The summed E-state index contributed by atoms with van der Waals surface area (Å²) in [4.78, 5) is 9.55. The van der Waals surface area contributed by atoms with E-state index in [0.29, 0.717) is 0 Å². The van der Waals surface area contributed by atoms with Crippen LogP contribution >= 0.6 is 37.0 Å². The molecule has 4 nitrogen and oxygen atoms in total. The molecule has 15 heavy (non-hydrogen) atoms. The first-order chi connectivity index (χ1) is 7.06. The first kappa shape index (κ1) is 17.8. The summed E-state index contributed by atoms with van der Waals surface area (Å²) in [5.41, 5.74) is 0. The van der Waals surface area contributed by atoms with Crippen LogP contribution in [-0.4, -0.2) is 50.6 Å². The summed E-state index contributed by atoms with van der Waals surface area (Å²) in [6.45, 7) is 0.568. The topological polar surface area (TPSA) is 77.8 Å². The summed E-state index contributed by atoms with van der Waals surface area (Å²) in [5.74, 6) is 1.01. The quantitative estimate of drug-likeness (QED) is 0.269. The van der Waals surface area contributed by atoms with Gasteiger partial charge in [-0.15, -0.1) is 0 Å². The Kier molecular flexibility index (Phi) is 17.2. The van der Waals surface area contributed by atoms with Crippen molar-refractivity contribution < 1.29 is 20.1 Å². The maximum absolute atomic E-state index is 9.55. The predicted molar refractivity (Wildman–Crippen MR) is 70.1 cm³/mol. The number of hydrogen-bond donors (Lipinski definition) is 5. The van der Waals surface area contributed by atoms with Gasteiger partial charge in [-0.05, 0) is 24.3 Å². The zero-order chi connectivity index (χ0) is 12.1. The highest BCUT2D eigenvalue weighted by Gasteiger charge is 2.01. The van der Waals surface area contributed by atoms with Crippen LogP contribution in [0.2, 0.25) is 0 Å². The molecule has 0 aromatic carbocycles. The van der Waals surface area contributed by atoms with Crippen molar-refractivity contribution in [3.8, 4) is 0 Å². The molecule has 0 aliphatic carbocycles. The van der Waals surface area contributed by atoms with E-state index in [9.17, 15) is 4.79 Å². The maximum atomic E-state index is 9.55. The Morgan fingerprint density at radius 3 is 1.67 bits per heavy atom. The second kappa shape index (κ2) is 14.4. The normalized spacial score (nSPS) is 9.67. The van der Waals surface area contributed by atoms with E-state index in [1.54, 1.807) is 11.8 Å². The van der Waals surface area contributed by atoms with E-state index in [0.717, 1.165) is 24.3 Å². The van der Waals surface area contributed by atoms with Crippen LogP contribution in [0.15, 0.2) is 0 Å². The number of thioether (sulfide) groups is 1. The molecule has 0 atom stereocenters. The zero-order valence-electron chi connectivity index (χ0n) is 8.37. The highest BCUT2D eigenvalue weighted by Crippen LogP contribution is 2.02. The average molecular weight is 274 g/mol. The lowest BCUT2D eigenvalue weighted by molar-refractivity contribution is -0.134. The summed E-state index contributed by atoms with van der Waals surface area (Å²) >= 11 is 8.70. The van der Waals surface area contributed by atoms with Gasteiger partial charge in [0.15, 0.2) is 0 Å². The Balaban J connectivity index is 0. The van der Waals surface area contributed by atoms with E-state index < -0.39 is 10.6 Å². The molecular formula is C8H18O4S3. The van der Waals surface area contributed by atoms with E-state index in [1.165, 1.54) is 0 Å². The molecule has 0 radical (unpaired) electrons. The van der Waals surface area contributed by atoms with Crippen molar-refractivity contribution in [2.45, 2.75) is 17.4 Å². The minimum Gasteiger partial charge on any atom is -0.480 e. The Bertz CT molecular complexity index is 138. The van der Waals surface area contributed by atoms with Gasteiger partial charge in [-0.1, -0.05) is 0 Å². The largest absolute Gasteiger partial charge is 0.480 e. The van der Waals surface area contributed by atoms with Crippen molar-refractivity contribution >= 4 is 43.0 Å². The molecule has 0 spiro atoms. The van der Waals surface area contributed by atoms with Crippen LogP contribution in [0.4, 0.5) is 0 Å². The predicted octanol–water partition coefficient (Wildman–Crippen LogP) is 0.741. The minimum absolute atomic E-state index is 0.284. The van der Waals surface area contributed by atoms with E-state index >= 15 is 0 Å². The Morgan fingerprint density at radius 1 is 1.13 bits per heavy atom. The number of carboxylic acids is 1. The van der Waals surface area contributed by atoms with Gasteiger partial charge in [-0.3, -0.25) is 4.79 Å². The fourth-order valence-corrected chi connectivity index (χ4v) is 1.31. The van der Waals surface area contributed by atoms with Gasteiger partial charge in [0.05, 0.1) is 0 Å². The van der Waals surface area contributed by atoms with Crippen molar-refractivity contribution in [2.24, 2.45) is 0 Å². The number of carbonyl (C=O) groups is 1. The van der Waals surface area contributed by atoms with E-state index in [2.05, 4.69) is 25.3 Å². The highest BCUT2D eigenvalue weighted by atomic mass is 32.2. The summed E-state index contributed by atoms with van der Waals surface area (Å²) in [6, 6.07) is 0. The molecule has 0 rings (SSSR count). The number of thiol groups is 2. The fourth-order valence-electron chi connectivity index (χ4n) is 0.435. The first-order valence-corrected chi connectivity index (χ1v) is 6.63. The highest BCUT2D eigenvalue weighted by molar-refractivity contribution is 8.00. The third-order valence-corrected chi connectivity index (χ3v) is 2.71. The first-order valence-electron chi connectivity index (χ1n) is 4.44. The Hall–Kier alpha value is 0.440. The lowest BCUT2D eigenvalue weighted by Crippen LogP contribution is -2.04. The lowest BCUT2D eigenvalue weighted by atomic mass is 10.5. The molecule has 0 aromatic heterocycles. The summed E-state index contributed by atoms with van der Waals surface area (Å²) in [7, 11) is 0. The molecule has 0 saturated heterocycles. The average Bonchev–Trinajstić information content (AvgIpc) is 2.18. The van der Waals surface area contributed by atoms with Crippen LogP contribution in [0, 0.1) is 0 Å². The van der Waals surface area contributed by atoms with E-state index in [1.807, 2.05) is 0 Å². The van der Waals surface area contributed by atoms with Gasteiger partial charge < -0.3 is 15.3 Å². The van der Waals surface area contributed by atoms with Crippen molar-refractivity contribution in [1.29, 1.82) is 0 Å². The fraction of sp³-hybridized carbons (Fsp3) is 0.875. The van der Waals surface area contributed by atoms with Crippen LogP contribution in [0.5, 0.6) is 0 Å². The van der Waals surface area contributed by atoms with Crippen LogP contribution in [0.1, 0.15) is 12.8 Å². The second-order valence-corrected chi connectivity index (χ2v) is 5.14. The molecule has 0 aliphatic heterocycles. The van der Waals surface area contributed by atoms with Gasteiger partial charge in [0.1, 0.15) is 4.58 Å². The van der Waals surface area contributed by atoms with Gasteiger partial charge >= 0.3 is 5.97 Å². The monoisotopic (exact) mass is 274 g/mol. The van der Waals surface area contributed by atoms with Crippen LogP contribution in [0.3, 0.4) is 0 Å². The molecule has 0 aromatic rings. The SMILES string of the molecule is O=C(O)C(S)S.OCCCSCCCO. The number of hydrogen-bond acceptors (Lipinski definition) is 6. The molecular weight excluding hydrogens is 256 g/mol. The minimum atomic E-state index is -1.01. The molecule has 0 aliphatic rings. The Morgan fingerprint density at radius 2 is 1.47 bits per heavy atom. The van der Waals surface area contributed by atoms with Crippen LogP contribution < -0.4 is 0 Å². The number of carboxylic acid groups (broad SMARTS) is 1. The molecule has 0 saturated carbocycles. The molecule has 0 fully saturated rings. The van der Waals surface area contributed by atoms with E-state index in [-0.39, 0.29) is 13.2 Å². The second-order valence-electron chi connectivity index (χ2n) is 2.48. The van der Waals surface area contributed by atoms with E-state index in [4.69, 9.17) is 15.3 Å². The lowest BCUT2D eigenvalue weighted by Gasteiger charge is -1.95. The number of rotatable bonds is 7. The third kappa shape index (κ3) is 20.5. The Labute approximate surface area is 105 Å². The van der Waals surface area contributed by atoms with Crippen LogP contribution in [0.25, 0.3) is 0 Å². The number of aliphatic carboxylic acids is 1. The summed E-state index contributed by atoms with van der Waals surface area (Å²) < 4.78 is -0.843. The van der Waals surface area contributed by atoms with Gasteiger partial charge in [0, 0.05) is 13.2 Å². The summed E-state index contributed by atoms with van der Waals surface area (Å²) in [5, 5.41) is 24.6. The molecule has 3 N–H and O–H groups in total. The van der Waals surface area contributed by atoms with Crippen molar-refractivity contribution in [2.75, 3.05) is 24.7 Å². The van der Waals surface area contributed by atoms with Gasteiger partial charge in [-0.2, -0.15) is 37.0 Å². The maximum Gasteiger partial charge on any atom is 0.326 e. The molecule has 0 amide bonds. The number of aliphatic hydroxyl groups is 2. The summed E-state index contributed by atoms with van der Waals surface area (Å²) in [6.07, 6.45) is 1.74. The van der Waals surface area contributed by atoms with Crippen LogP contribution in [-0.2, 0) is 4.79 Å². The smallest absolute Gasteiger partial charge is 0.326 e. The van der Waals surface area contributed by atoms with Crippen molar-refractivity contribution in [1.82, 2.24) is 0 Å². The van der Waals surface area contributed by atoms with Gasteiger partial charge in [0.25, 0.3) is 0 Å². The zero-order valence-corrected chi connectivity index (χ0v) is 11.0. The molecule has 7 heteroatoms. The number of aliphatic hydroxyl groups excluding tert-OH is 2. The molecule has 0 unspecified atom stereocenters. The van der Waals surface area contributed by atoms with Gasteiger partial charge in [0.2, 0.25) is 0 Å². The molecule has 92 valence electrons. The molecule has 0 bridgehead atoms.